The van der Waals surface area contributed by atoms with Gasteiger partial charge < -0.3 is 25.3 Å². The van der Waals surface area contributed by atoms with E-state index in [0.717, 1.165) is 49.4 Å². The van der Waals surface area contributed by atoms with Gasteiger partial charge in [0.1, 0.15) is 0 Å². The summed E-state index contributed by atoms with van der Waals surface area (Å²) in [5, 5.41) is 7.11. The molecule has 0 aromatic heterocycles. The molecule has 0 atom stereocenters. The first-order valence-electron chi connectivity index (χ1n) is 10.7. The van der Waals surface area contributed by atoms with Crippen LogP contribution in [0.4, 0.5) is 11.4 Å². The standard InChI is InChI=1S/C23H29ClN6O.HI/c1-25-23(29-13-11-28(12-14-29)21-4-2-3-19(24)15-21)27-16-18-5-7-20(8-6-18)30-10-9-26-22(31)17-30;/h2-8,15H,9-14,16-17H2,1H3,(H,25,27)(H,26,31);1H. The molecule has 2 aromatic rings. The van der Waals surface area contributed by atoms with Crippen LogP contribution in [0.1, 0.15) is 5.56 Å². The quantitative estimate of drug-likeness (QED) is 0.338. The molecule has 0 radical (unpaired) electrons. The lowest BCUT2D eigenvalue weighted by Gasteiger charge is -2.37. The predicted molar refractivity (Wildman–Crippen MR) is 143 cm³/mol. The second kappa shape index (κ2) is 11.6. The van der Waals surface area contributed by atoms with E-state index in [0.29, 0.717) is 19.6 Å². The molecule has 2 aliphatic rings. The lowest BCUT2D eigenvalue weighted by molar-refractivity contribution is -0.120. The van der Waals surface area contributed by atoms with E-state index in [9.17, 15) is 4.79 Å². The van der Waals surface area contributed by atoms with Gasteiger partial charge in [-0.3, -0.25) is 9.79 Å². The number of piperazine rings is 2. The van der Waals surface area contributed by atoms with Crippen LogP contribution >= 0.6 is 35.6 Å². The Morgan fingerprint density at radius 3 is 2.44 bits per heavy atom. The topological polar surface area (TPSA) is 63.2 Å². The number of rotatable bonds is 4. The molecule has 172 valence electrons. The summed E-state index contributed by atoms with van der Waals surface area (Å²) in [6.45, 7) is 6.34. The number of halogens is 2. The molecular weight excluding hydrogens is 539 g/mol. The summed E-state index contributed by atoms with van der Waals surface area (Å²) < 4.78 is 0. The maximum atomic E-state index is 11.6. The lowest BCUT2D eigenvalue weighted by atomic mass is 10.2. The summed E-state index contributed by atoms with van der Waals surface area (Å²) in [5.41, 5.74) is 3.44. The van der Waals surface area contributed by atoms with E-state index in [1.54, 1.807) is 0 Å². The molecule has 2 heterocycles. The minimum atomic E-state index is 0. The molecule has 4 rings (SSSR count). The normalized spacial score (nSPS) is 17.0. The molecular formula is C23H30ClIN6O. The van der Waals surface area contributed by atoms with Crippen molar-refractivity contribution >= 4 is 58.8 Å². The second-order valence-electron chi connectivity index (χ2n) is 7.79. The Hall–Kier alpha value is -2.20. The third-order valence-corrected chi connectivity index (χ3v) is 5.99. The highest BCUT2D eigenvalue weighted by Crippen LogP contribution is 2.21. The van der Waals surface area contributed by atoms with Crippen LogP contribution in [0.3, 0.4) is 0 Å². The van der Waals surface area contributed by atoms with Crippen molar-refractivity contribution in [2.45, 2.75) is 6.54 Å². The third kappa shape index (κ3) is 6.19. The molecule has 1 amide bonds. The second-order valence-corrected chi connectivity index (χ2v) is 8.23. The monoisotopic (exact) mass is 568 g/mol. The summed E-state index contributed by atoms with van der Waals surface area (Å²) in [7, 11) is 1.83. The minimum Gasteiger partial charge on any atom is -0.368 e. The van der Waals surface area contributed by atoms with Crippen molar-refractivity contribution in [1.82, 2.24) is 15.5 Å². The zero-order valence-electron chi connectivity index (χ0n) is 18.3. The van der Waals surface area contributed by atoms with Crippen LogP contribution in [0.2, 0.25) is 5.02 Å². The summed E-state index contributed by atoms with van der Waals surface area (Å²) in [5.74, 6) is 0.999. The fourth-order valence-electron chi connectivity index (χ4n) is 4.05. The maximum Gasteiger partial charge on any atom is 0.239 e. The van der Waals surface area contributed by atoms with E-state index in [2.05, 4.69) is 60.7 Å². The number of carbonyl (C=O) groups excluding carboxylic acids is 1. The molecule has 32 heavy (non-hydrogen) atoms. The number of anilines is 2. The van der Waals surface area contributed by atoms with Crippen LogP contribution in [0.25, 0.3) is 0 Å². The first-order valence-corrected chi connectivity index (χ1v) is 11.1. The van der Waals surface area contributed by atoms with Crippen molar-refractivity contribution in [2.24, 2.45) is 4.99 Å². The number of carbonyl (C=O) groups is 1. The van der Waals surface area contributed by atoms with Crippen LogP contribution in [0, 0.1) is 0 Å². The van der Waals surface area contributed by atoms with Gasteiger partial charge in [0, 0.05) is 69.3 Å². The summed E-state index contributed by atoms with van der Waals surface area (Å²) in [6.07, 6.45) is 0. The Kier molecular flexibility index (Phi) is 8.86. The average Bonchev–Trinajstić information content (AvgIpc) is 2.80. The highest BCUT2D eigenvalue weighted by atomic mass is 127. The van der Waals surface area contributed by atoms with Gasteiger partial charge in [0.2, 0.25) is 5.91 Å². The number of guanidine groups is 1. The largest absolute Gasteiger partial charge is 0.368 e. The number of hydrogen-bond acceptors (Lipinski definition) is 4. The number of benzene rings is 2. The molecule has 0 aliphatic carbocycles. The van der Waals surface area contributed by atoms with Crippen LogP contribution in [-0.4, -0.2) is 69.6 Å². The molecule has 0 bridgehead atoms. The predicted octanol–water partition coefficient (Wildman–Crippen LogP) is 2.79. The van der Waals surface area contributed by atoms with Gasteiger partial charge in [-0.1, -0.05) is 29.8 Å². The molecule has 0 spiro atoms. The third-order valence-electron chi connectivity index (χ3n) is 5.75. The van der Waals surface area contributed by atoms with Crippen LogP contribution in [-0.2, 0) is 11.3 Å². The van der Waals surface area contributed by atoms with Gasteiger partial charge in [-0.2, -0.15) is 0 Å². The van der Waals surface area contributed by atoms with Gasteiger partial charge in [-0.25, -0.2) is 0 Å². The van der Waals surface area contributed by atoms with Crippen molar-refractivity contribution in [3.63, 3.8) is 0 Å². The zero-order valence-corrected chi connectivity index (χ0v) is 21.3. The van der Waals surface area contributed by atoms with Gasteiger partial charge in [-0.05, 0) is 35.9 Å². The molecule has 2 N–H and O–H groups in total. The van der Waals surface area contributed by atoms with Gasteiger partial charge >= 0.3 is 0 Å². The molecule has 2 aromatic carbocycles. The van der Waals surface area contributed by atoms with E-state index in [-0.39, 0.29) is 29.9 Å². The molecule has 7 nitrogen and oxygen atoms in total. The highest BCUT2D eigenvalue weighted by molar-refractivity contribution is 14.0. The first-order chi connectivity index (χ1) is 15.1. The number of nitrogens with zero attached hydrogens (tertiary/aromatic N) is 4. The smallest absolute Gasteiger partial charge is 0.239 e. The van der Waals surface area contributed by atoms with Crippen LogP contribution in [0.5, 0.6) is 0 Å². The van der Waals surface area contributed by atoms with Crippen molar-refractivity contribution in [3.05, 3.63) is 59.1 Å². The van der Waals surface area contributed by atoms with Gasteiger partial charge in [-0.15, -0.1) is 24.0 Å². The number of hydrogen-bond donors (Lipinski definition) is 2. The van der Waals surface area contributed by atoms with Crippen molar-refractivity contribution in [3.8, 4) is 0 Å². The summed E-state index contributed by atoms with van der Waals surface area (Å²) in [6, 6.07) is 16.4. The van der Waals surface area contributed by atoms with Gasteiger partial charge in [0.15, 0.2) is 5.96 Å². The average molecular weight is 569 g/mol. The van der Waals surface area contributed by atoms with Crippen molar-refractivity contribution < 1.29 is 4.79 Å². The fourth-order valence-corrected chi connectivity index (χ4v) is 4.23. The Morgan fingerprint density at radius 2 is 1.78 bits per heavy atom. The summed E-state index contributed by atoms with van der Waals surface area (Å²) >= 11 is 6.14. The first kappa shape index (κ1) is 24.4. The molecule has 9 heteroatoms. The number of aliphatic imine (C=N–C) groups is 1. The van der Waals surface area contributed by atoms with E-state index in [1.807, 2.05) is 25.2 Å². The Morgan fingerprint density at radius 1 is 1.03 bits per heavy atom. The van der Waals surface area contributed by atoms with E-state index in [4.69, 9.17) is 11.6 Å². The zero-order chi connectivity index (χ0) is 21.6. The number of amides is 1. The van der Waals surface area contributed by atoms with Gasteiger partial charge in [0.25, 0.3) is 0 Å². The van der Waals surface area contributed by atoms with E-state index in [1.165, 1.54) is 11.3 Å². The molecule has 2 aliphatic heterocycles. The van der Waals surface area contributed by atoms with Crippen LogP contribution < -0.4 is 20.4 Å². The Bertz CT molecular complexity index is 930. The van der Waals surface area contributed by atoms with Crippen molar-refractivity contribution in [2.75, 3.05) is 62.7 Å². The molecule has 0 unspecified atom stereocenters. The fraction of sp³-hybridized carbons (Fsp3) is 0.391. The number of nitrogens with one attached hydrogen (secondary N) is 2. The molecule has 2 saturated heterocycles. The van der Waals surface area contributed by atoms with Crippen LogP contribution in [0.15, 0.2) is 53.5 Å². The minimum absolute atomic E-state index is 0. The Balaban J connectivity index is 0.00000289. The van der Waals surface area contributed by atoms with E-state index >= 15 is 0 Å². The lowest BCUT2D eigenvalue weighted by Crippen LogP contribution is -2.52. The highest BCUT2D eigenvalue weighted by Gasteiger charge is 2.20. The maximum absolute atomic E-state index is 11.6. The Labute approximate surface area is 211 Å². The summed E-state index contributed by atoms with van der Waals surface area (Å²) in [4.78, 5) is 22.8. The SMILES string of the molecule is CN=C(NCc1ccc(N2CCNC(=O)C2)cc1)N1CCN(c2cccc(Cl)c2)CC1.I. The van der Waals surface area contributed by atoms with Gasteiger partial charge in [0.05, 0.1) is 6.54 Å². The molecule has 2 fully saturated rings. The van der Waals surface area contributed by atoms with E-state index < -0.39 is 0 Å². The van der Waals surface area contributed by atoms with Crippen molar-refractivity contribution in [1.29, 1.82) is 0 Å². The molecule has 0 saturated carbocycles.